The molecule has 0 radical (unpaired) electrons. The zero-order valence-electron chi connectivity index (χ0n) is 10.3. The molecule has 0 fully saturated rings. The summed E-state index contributed by atoms with van der Waals surface area (Å²) in [5.41, 5.74) is 2.43. The van der Waals surface area contributed by atoms with Crippen molar-refractivity contribution < 1.29 is 0 Å². The molecule has 0 saturated heterocycles. The molecule has 1 unspecified atom stereocenters. The first-order chi connectivity index (χ1) is 8.63. The number of hydrogen-bond donors (Lipinski definition) is 1. The van der Waals surface area contributed by atoms with Crippen LogP contribution in [0, 0.1) is 6.92 Å². The van der Waals surface area contributed by atoms with Gasteiger partial charge in [0.2, 0.25) is 0 Å². The van der Waals surface area contributed by atoms with E-state index in [1.165, 1.54) is 10.4 Å². The van der Waals surface area contributed by atoms with E-state index in [9.17, 15) is 0 Å². The summed E-state index contributed by atoms with van der Waals surface area (Å²) in [5.74, 6) is 0. The molecule has 0 bridgehead atoms. The van der Waals surface area contributed by atoms with Crippen LogP contribution in [0.3, 0.4) is 0 Å². The van der Waals surface area contributed by atoms with Crippen molar-refractivity contribution >= 4 is 38.9 Å². The van der Waals surface area contributed by atoms with E-state index in [0.717, 1.165) is 21.6 Å². The van der Waals surface area contributed by atoms with Gasteiger partial charge in [0.05, 0.1) is 6.04 Å². The van der Waals surface area contributed by atoms with Gasteiger partial charge in [0.15, 0.2) is 0 Å². The van der Waals surface area contributed by atoms with E-state index in [0.29, 0.717) is 0 Å². The second kappa shape index (κ2) is 6.20. The van der Waals surface area contributed by atoms with Crippen LogP contribution < -0.4 is 5.32 Å². The lowest BCUT2D eigenvalue weighted by atomic mass is 10.0. The van der Waals surface area contributed by atoms with E-state index in [1.54, 1.807) is 11.3 Å². The fraction of sp³-hybridized carbons (Fsp3) is 0.286. The molecule has 4 heteroatoms. The molecule has 0 aliphatic rings. The molecular formula is C14H15BrClNS. The minimum atomic E-state index is 0.167. The van der Waals surface area contributed by atoms with Crippen molar-refractivity contribution in [2.75, 3.05) is 6.54 Å². The summed E-state index contributed by atoms with van der Waals surface area (Å²) in [6.45, 7) is 5.16. The maximum atomic E-state index is 6.34. The summed E-state index contributed by atoms with van der Waals surface area (Å²) in [7, 11) is 0. The van der Waals surface area contributed by atoms with Crippen LogP contribution in [-0.2, 0) is 0 Å². The van der Waals surface area contributed by atoms with Gasteiger partial charge in [-0.15, -0.1) is 11.3 Å². The van der Waals surface area contributed by atoms with Gasteiger partial charge >= 0.3 is 0 Å². The van der Waals surface area contributed by atoms with Gasteiger partial charge in [0, 0.05) is 14.4 Å². The molecule has 0 saturated carbocycles. The topological polar surface area (TPSA) is 12.0 Å². The number of nitrogens with one attached hydrogen (secondary N) is 1. The SMILES string of the molecule is CCNC(c1cc(Br)ccc1Cl)c1sccc1C. The van der Waals surface area contributed by atoms with E-state index in [2.05, 4.69) is 52.6 Å². The molecule has 1 aromatic carbocycles. The largest absolute Gasteiger partial charge is 0.306 e. The smallest absolute Gasteiger partial charge is 0.0688 e. The van der Waals surface area contributed by atoms with E-state index >= 15 is 0 Å². The van der Waals surface area contributed by atoms with Gasteiger partial charge in [-0.05, 0) is 54.2 Å². The Bertz CT molecular complexity index is 538. The maximum Gasteiger partial charge on any atom is 0.0688 e. The van der Waals surface area contributed by atoms with E-state index in [1.807, 2.05) is 12.1 Å². The quantitative estimate of drug-likeness (QED) is 0.806. The molecule has 18 heavy (non-hydrogen) atoms. The molecule has 0 amide bonds. The Labute approximate surface area is 125 Å². The molecule has 2 aromatic rings. The maximum absolute atomic E-state index is 6.34. The summed E-state index contributed by atoms with van der Waals surface area (Å²) < 4.78 is 1.05. The number of thiophene rings is 1. The van der Waals surface area contributed by atoms with Gasteiger partial charge < -0.3 is 5.32 Å². The number of benzene rings is 1. The Morgan fingerprint density at radius 1 is 1.39 bits per heavy atom. The molecule has 1 heterocycles. The number of halogens is 2. The normalized spacial score (nSPS) is 12.7. The zero-order chi connectivity index (χ0) is 13.1. The van der Waals surface area contributed by atoms with Gasteiger partial charge in [0.25, 0.3) is 0 Å². The van der Waals surface area contributed by atoms with Crippen LogP contribution in [0.25, 0.3) is 0 Å². The molecule has 0 aliphatic carbocycles. The molecule has 1 atom stereocenters. The van der Waals surface area contributed by atoms with Gasteiger partial charge in [-0.3, -0.25) is 0 Å². The molecule has 1 N–H and O–H groups in total. The lowest BCUT2D eigenvalue weighted by Gasteiger charge is -2.19. The van der Waals surface area contributed by atoms with Crippen molar-refractivity contribution in [3.05, 3.63) is 55.1 Å². The highest BCUT2D eigenvalue weighted by atomic mass is 79.9. The van der Waals surface area contributed by atoms with Crippen LogP contribution in [0.5, 0.6) is 0 Å². The molecule has 0 spiro atoms. The predicted molar refractivity (Wildman–Crippen MR) is 83.7 cm³/mol. The highest BCUT2D eigenvalue weighted by molar-refractivity contribution is 9.10. The lowest BCUT2D eigenvalue weighted by Crippen LogP contribution is -2.22. The third-order valence-electron chi connectivity index (χ3n) is 2.84. The second-order valence-corrected chi connectivity index (χ2v) is 6.39. The summed E-state index contributed by atoms with van der Waals surface area (Å²) >= 11 is 11.6. The van der Waals surface area contributed by atoms with Crippen LogP contribution in [0.2, 0.25) is 5.02 Å². The first-order valence-electron chi connectivity index (χ1n) is 5.85. The van der Waals surface area contributed by atoms with Crippen molar-refractivity contribution in [2.45, 2.75) is 19.9 Å². The number of rotatable bonds is 4. The third kappa shape index (κ3) is 2.97. The van der Waals surface area contributed by atoms with Crippen LogP contribution in [-0.4, -0.2) is 6.54 Å². The highest BCUT2D eigenvalue weighted by Crippen LogP contribution is 2.34. The zero-order valence-corrected chi connectivity index (χ0v) is 13.5. The molecule has 96 valence electrons. The van der Waals surface area contributed by atoms with Gasteiger partial charge in [0.1, 0.15) is 0 Å². The number of hydrogen-bond acceptors (Lipinski definition) is 2. The summed E-state index contributed by atoms with van der Waals surface area (Å²) in [6, 6.07) is 8.31. The first kappa shape index (κ1) is 14.1. The Hall–Kier alpha value is -0.350. The van der Waals surface area contributed by atoms with Gasteiger partial charge in [-0.25, -0.2) is 0 Å². The summed E-state index contributed by atoms with van der Waals surface area (Å²) in [4.78, 5) is 1.33. The second-order valence-electron chi connectivity index (χ2n) is 4.12. The molecule has 1 aromatic heterocycles. The molecule has 2 rings (SSSR count). The molecular weight excluding hydrogens is 330 g/mol. The Morgan fingerprint density at radius 2 is 2.17 bits per heavy atom. The molecule has 1 nitrogen and oxygen atoms in total. The van der Waals surface area contributed by atoms with Gasteiger partial charge in [-0.2, -0.15) is 0 Å². The summed E-state index contributed by atoms with van der Waals surface area (Å²) in [6.07, 6.45) is 0. The van der Waals surface area contributed by atoms with Crippen LogP contribution >= 0.6 is 38.9 Å². The third-order valence-corrected chi connectivity index (χ3v) is 4.76. The minimum absolute atomic E-state index is 0.167. The molecule has 0 aliphatic heterocycles. The number of aryl methyl sites for hydroxylation is 1. The van der Waals surface area contributed by atoms with Crippen LogP contribution in [0.1, 0.15) is 29.0 Å². The standard InChI is InChI=1S/C14H15BrClNS/c1-3-17-13(14-9(2)6-7-18-14)11-8-10(15)4-5-12(11)16/h4-8,13,17H,3H2,1-2H3. The van der Waals surface area contributed by atoms with E-state index < -0.39 is 0 Å². The van der Waals surface area contributed by atoms with Crippen molar-refractivity contribution in [3.8, 4) is 0 Å². The van der Waals surface area contributed by atoms with Crippen molar-refractivity contribution in [1.82, 2.24) is 5.32 Å². The van der Waals surface area contributed by atoms with E-state index in [4.69, 9.17) is 11.6 Å². The Kier molecular flexibility index (Phi) is 4.84. The van der Waals surface area contributed by atoms with Crippen molar-refractivity contribution in [2.24, 2.45) is 0 Å². The first-order valence-corrected chi connectivity index (χ1v) is 7.91. The predicted octanol–water partition coefficient (Wildman–Crippen LogP) is 5.17. The van der Waals surface area contributed by atoms with Gasteiger partial charge in [-0.1, -0.05) is 34.5 Å². The van der Waals surface area contributed by atoms with Crippen LogP contribution in [0.15, 0.2) is 34.1 Å². The monoisotopic (exact) mass is 343 g/mol. The lowest BCUT2D eigenvalue weighted by molar-refractivity contribution is 0.637. The summed E-state index contributed by atoms with van der Waals surface area (Å²) in [5, 5.41) is 6.44. The van der Waals surface area contributed by atoms with E-state index in [-0.39, 0.29) is 6.04 Å². The average Bonchev–Trinajstić information content (AvgIpc) is 2.76. The van der Waals surface area contributed by atoms with Crippen molar-refractivity contribution in [3.63, 3.8) is 0 Å². The Balaban J connectivity index is 2.48. The highest BCUT2D eigenvalue weighted by Gasteiger charge is 2.19. The fourth-order valence-corrected chi connectivity index (χ4v) is 3.59. The van der Waals surface area contributed by atoms with Crippen molar-refractivity contribution in [1.29, 1.82) is 0 Å². The fourth-order valence-electron chi connectivity index (χ4n) is 1.96. The Morgan fingerprint density at radius 3 is 2.78 bits per heavy atom. The van der Waals surface area contributed by atoms with Crippen LogP contribution in [0.4, 0.5) is 0 Å². The average molecular weight is 345 g/mol. The minimum Gasteiger partial charge on any atom is -0.306 e.